The van der Waals surface area contributed by atoms with Crippen LogP contribution in [0.2, 0.25) is 0 Å². The molecule has 0 aromatic carbocycles. The van der Waals surface area contributed by atoms with Gasteiger partial charge in [0.1, 0.15) is 0 Å². The van der Waals surface area contributed by atoms with Gasteiger partial charge in [-0.1, -0.05) is 0 Å². The van der Waals surface area contributed by atoms with Crippen LogP contribution in [0, 0.1) is 5.92 Å². The summed E-state index contributed by atoms with van der Waals surface area (Å²) in [6.07, 6.45) is -0.0214. The number of carbonyl (C=O) groups is 1. The van der Waals surface area contributed by atoms with E-state index in [2.05, 4.69) is 5.32 Å². The van der Waals surface area contributed by atoms with Gasteiger partial charge in [0.15, 0.2) is 0 Å². The Morgan fingerprint density at radius 2 is 2.33 bits per heavy atom. The van der Waals surface area contributed by atoms with E-state index >= 15 is 0 Å². The van der Waals surface area contributed by atoms with Crippen LogP contribution in [-0.4, -0.2) is 62.4 Å². The van der Waals surface area contributed by atoms with E-state index in [4.69, 9.17) is 4.74 Å². The van der Waals surface area contributed by atoms with Gasteiger partial charge in [-0.05, 0) is 19.0 Å². The standard InChI is InChI=1S/C10H20N2O3/c1-12(6-9(13)7-15-2)10(14)3-8-4-11-5-8/h8-9,11,13H,3-7H2,1-2H3. The molecule has 1 aliphatic rings. The lowest BCUT2D eigenvalue weighted by molar-refractivity contribution is -0.133. The first-order chi connectivity index (χ1) is 7.13. The van der Waals surface area contributed by atoms with E-state index in [1.165, 1.54) is 7.11 Å². The molecule has 1 fully saturated rings. The van der Waals surface area contributed by atoms with Crippen LogP contribution < -0.4 is 5.32 Å². The second-order valence-electron chi connectivity index (χ2n) is 4.11. The van der Waals surface area contributed by atoms with Gasteiger partial charge in [-0.25, -0.2) is 0 Å². The number of carbonyl (C=O) groups excluding carboxylic acids is 1. The van der Waals surface area contributed by atoms with Gasteiger partial charge in [-0.2, -0.15) is 0 Å². The Bertz CT molecular complexity index is 207. The largest absolute Gasteiger partial charge is 0.389 e. The number of aliphatic hydroxyl groups is 1. The minimum atomic E-state index is -0.594. The minimum absolute atomic E-state index is 0.0941. The summed E-state index contributed by atoms with van der Waals surface area (Å²) < 4.78 is 4.80. The highest BCUT2D eigenvalue weighted by molar-refractivity contribution is 5.76. The Morgan fingerprint density at radius 1 is 1.67 bits per heavy atom. The molecule has 1 amide bonds. The highest BCUT2D eigenvalue weighted by Gasteiger charge is 2.22. The Kier molecular flexibility index (Phi) is 5.01. The Balaban J connectivity index is 2.19. The molecule has 5 heteroatoms. The zero-order valence-corrected chi connectivity index (χ0v) is 9.40. The van der Waals surface area contributed by atoms with Crippen LogP contribution in [0.25, 0.3) is 0 Å². The molecule has 88 valence electrons. The number of hydrogen-bond acceptors (Lipinski definition) is 4. The molecule has 1 atom stereocenters. The number of amides is 1. The van der Waals surface area contributed by atoms with Gasteiger partial charge < -0.3 is 20.1 Å². The lowest BCUT2D eigenvalue weighted by Gasteiger charge is -2.29. The van der Waals surface area contributed by atoms with Crippen molar-refractivity contribution in [3.8, 4) is 0 Å². The predicted octanol–water partition coefficient (Wildman–Crippen LogP) is -0.938. The second-order valence-corrected chi connectivity index (χ2v) is 4.11. The summed E-state index contributed by atoms with van der Waals surface area (Å²) >= 11 is 0. The van der Waals surface area contributed by atoms with Crippen molar-refractivity contribution in [3.05, 3.63) is 0 Å². The van der Waals surface area contributed by atoms with Crippen LogP contribution in [0.4, 0.5) is 0 Å². The molecule has 0 aromatic rings. The molecule has 1 unspecified atom stereocenters. The van der Waals surface area contributed by atoms with Crippen LogP contribution in [0.5, 0.6) is 0 Å². The van der Waals surface area contributed by atoms with E-state index < -0.39 is 6.10 Å². The van der Waals surface area contributed by atoms with Crippen LogP contribution >= 0.6 is 0 Å². The Hall–Kier alpha value is -0.650. The number of methoxy groups -OCH3 is 1. The SMILES string of the molecule is COCC(O)CN(C)C(=O)CC1CNC1. The number of aliphatic hydroxyl groups excluding tert-OH is 1. The molecular weight excluding hydrogens is 196 g/mol. The molecule has 2 N–H and O–H groups in total. The van der Waals surface area contributed by atoms with Crippen molar-refractivity contribution in [3.63, 3.8) is 0 Å². The van der Waals surface area contributed by atoms with Crippen molar-refractivity contribution in [1.82, 2.24) is 10.2 Å². The van der Waals surface area contributed by atoms with E-state index in [1.807, 2.05) is 0 Å². The maximum Gasteiger partial charge on any atom is 0.222 e. The highest BCUT2D eigenvalue weighted by Crippen LogP contribution is 2.09. The zero-order valence-electron chi connectivity index (χ0n) is 9.40. The Morgan fingerprint density at radius 3 is 2.80 bits per heavy atom. The lowest BCUT2D eigenvalue weighted by Crippen LogP contribution is -2.45. The third kappa shape index (κ3) is 4.15. The van der Waals surface area contributed by atoms with Gasteiger partial charge in [0.25, 0.3) is 0 Å². The third-order valence-electron chi connectivity index (χ3n) is 2.60. The van der Waals surface area contributed by atoms with Gasteiger partial charge in [-0.15, -0.1) is 0 Å². The molecule has 1 saturated heterocycles. The molecule has 1 aliphatic heterocycles. The molecule has 0 aromatic heterocycles. The summed E-state index contributed by atoms with van der Waals surface area (Å²) in [6, 6.07) is 0. The van der Waals surface area contributed by atoms with Crippen molar-refractivity contribution in [2.45, 2.75) is 12.5 Å². The average Bonchev–Trinajstić information content (AvgIpc) is 2.11. The van der Waals surface area contributed by atoms with E-state index in [9.17, 15) is 9.90 Å². The summed E-state index contributed by atoms with van der Waals surface area (Å²) in [5.74, 6) is 0.566. The van der Waals surface area contributed by atoms with E-state index in [0.29, 0.717) is 18.9 Å². The summed E-state index contributed by atoms with van der Waals surface area (Å²) in [7, 11) is 3.25. The fourth-order valence-electron chi connectivity index (χ4n) is 1.56. The van der Waals surface area contributed by atoms with Crippen molar-refractivity contribution < 1.29 is 14.6 Å². The normalized spacial score (nSPS) is 18.3. The number of rotatable bonds is 6. The second kappa shape index (κ2) is 6.05. The third-order valence-corrected chi connectivity index (χ3v) is 2.60. The fraction of sp³-hybridized carbons (Fsp3) is 0.900. The van der Waals surface area contributed by atoms with Gasteiger partial charge in [0.2, 0.25) is 5.91 Å². The lowest BCUT2D eigenvalue weighted by atomic mass is 9.99. The molecule has 0 aliphatic carbocycles. The van der Waals surface area contributed by atoms with Gasteiger partial charge in [0.05, 0.1) is 12.7 Å². The molecule has 15 heavy (non-hydrogen) atoms. The topological polar surface area (TPSA) is 61.8 Å². The number of ether oxygens (including phenoxy) is 1. The van der Waals surface area contributed by atoms with Crippen LogP contribution in [0.1, 0.15) is 6.42 Å². The number of nitrogens with zero attached hydrogens (tertiary/aromatic N) is 1. The smallest absolute Gasteiger partial charge is 0.222 e. The maximum absolute atomic E-state index is 11.6. The van der Waals surface area contributed by atoms with Crippen LogP contribution in [-0.2, 0) is 9.53 Å². The quantitative estimate of drug-likeness (QED) is 0.601. The van der Waals surface area contributed by atoms with Gasteiger partial charge in [-0.3, -0.25) is 4.79 Å². The zero-order chi connectivity index (χ0) is 11.3. The number of hydrogen-bond donors (Lipinski definition) is 2. The molecule has 0 bridgehead atoms. The highest BCUT2D eigenvalue weighted by atomic mass is 16.5. The van der Waals surface area contributed by atoms with Gasteiger partial charge >= 0.3 is 0 Å². The van der Waals surface area contributed by atoms with Crippen molar-refractivity contribution >= 4 is 5.91 Å². The van der Waals surface area contributed by atoms with Crippen molar-refractivity contribution in [2.75, 3.05) is 40.4 Å². The van der Waals surface area contributed by atoms with Crippen LogP contribution in [0.15, 0.2) is 0 Å². The number of nitrogens with one attached hydrogen (secondary N) is 1. The minimum Gasteiger partial charge on any atom is -0.389 e. The molecule has 0 radical (unpaired) electrons. The average molecular weight is 216 g/mol. The molecule has 0 saturated carbocycles. The molecule has 0 spiro atoms. The summed E-state index contributed by atoms with van der Waals surface area (Å²) in [6.45, 7) is 2.47. The molecule has 1 rings (SSSR count). The van der Waals surface area contributed by atoms with Crippen LogP contribution in [0.3, 0.4) is 0 Å². The fourth-order valence-corrected chi connectivity index (χ4v) is 1.56. The number of likely N-dealkylation sites (N-methyl/N-ethyl adjacent to an activating group) is 1. The summed E-state index contributed by atoms with van der Waals surface area (Å²) in [5.41, 5.74) is 0. The monoisotopic (exact) mass is 216 g/mol. The first-order valence-electron chi connectivity index (χ1n) is 5.25. The molecule has 5 nitrogen and oxygen atoms in total. The van der Waals surface area contributed by atoms with Crippen molar-refractivity contribution in [2.24, 2.45) is 5.92 Å². The summed E-state index contributed by atoms with van der Waals surface area (Å²) in [5, 5.41) is 12.6. The summed E-state index contributed by atoms with van der Waals surface area (Å²) in [4.78, 5) is 13.2. The molecule has 1 heterocycles. The van der Waals surface area contributed by atoms with E-state index in [1.54, 1.807) is 11.9 Å². The Labute approximate surface area is 90.4 Å². The van der Waals surface area contributed by atoms with E-state index in [0.717, 1.165) is 13.1 Å². The first kappa shape index (κ1) is 12.4. The molecular formula is C10H20N2O3. The van der Waals surface area contributed by atoms with Crippen molar-refractivity contribution in [1.29, 1.82) is 0 Å². The van der Waals surface area contributed by atoms with Gasteiger partial charge in [0, 0.05) is 27.1 Å². The predicted molar refractivity (Wildman–Crippen MR) is 56.5 cm³/mol. The maximum atomic E-state index is 11.6. The first-order valence-corrected chi connectivity index (χ1v) is 5.25. The van der Waals surface area contributed by atoms with E-state index in [-0.39, 0.29) is 12.5 Å².